The predicted octanol–water partition coefficient (Wildman–Crippen LogP) is 2.34. The third-order valence-corrected chi connectivity index (χ3v) is 2.67. The largest absolute Gasteiger partial charge is 0.351 e. The van der Waals surface area contributed by atoms with Crippen LogP contribution in [0, 0.1) is 5.92 Å². The molecule has 0 aliphatic rings. The Morgan fingerprint density at radius 2 is 2.40 bits per heavy atom. The van der Waals surface area contributed by atoms with Gasteiger partial charge in [-0.25, -0.2) is 0 Å². The number of carbonyl (C=O) groups excluding carboxylic acids is 1. The number of H-pyrrole nitrogens is 1. The monoisotopic (exact) mass is 273 g/mol. The highest BCUT2D eigenvalue weighted by atomic mass is 79.9. The van der Waals surface area contributed by atoms with E-state index in [2.05, 4.69) is 45.3 Å². The summed E-state index contributed by atoms with van der Waals surface area (Å²) in [5, 5.41) is 9.25. The van der Waals surface area contributed by atoms with Gasteiger partial charge < -0.3 is 5.32 Å². The number of aromatic amines is 1. The molecule has 84 valence electrons. The molecule has 1 aromatic heterocycles. The molecule has 0 aliphatic heterocycles. The fourth-order valence-electron chi connectivity index (χ4n) is 1.23. The second kappa shape index (κ2) is 5.90. The summed E-state index contributed by atoms with van der Waals surface area (Å²) in [5.74, 6) is 0.573. The number of nitrogens with one attached hydrogen (secondary N) is 2. The van der Waals surface area contributed by atoms with E-state index in [1.165, 1.54) is 0 Å². The molecule has 1 aromatic rings. The maximum atomic E-state index is 11.6. The lowest BCUT2D eigenvalue weighted by molar-refractivity contribution is 0.0947. The van der Waals surface area contributed by atoms with E-state index in [-0.39, 0.29) is 5.91 Å². The highest BCUT2D eigenvalue weighted by Gasteiger charge is 2.10. The Morgan fingerprint density at radius 3 is 2.93 bits per heavy atom. The zero-order valence-electron chi connectivity index (χ0n) is 9.01. The van der Waals surface area contributed by atoms with Crippen molar-refractivity contribution < 1.29 is 4.79 Å². The first-order valence-electron chi connectivity index (χ1n) is 5.08. The lowest BCUT2D eigenvalue weighted by Gasteiger charge is -2.05. The molecule has 0 spiro atoms. The first-order chi connectivity index (χ1) is 7.11. The molecule has 5 heteroatoms. The Hall–Kier alpha value is -0.840. The summed E-state index contributed by atoms with van der Waals surface area (Å²) in [6.07, 6.45) is 3.71. The summed E-state index contributed by atoms with van der Waals surface area (Å²) >= 11 is 3.24. The van der Waals surface area contributed by atoms with Gasteiger partial charge in [-0.05, 0) is 34.7 Å². The molecule has 0 fully saturated rings. The first kappa shape index (κ1) is 12.2. The third-order valence-electron chi connectivity index (χ3n) is 2.06. The fraction of sp³-hybridized carbons (Fsp3) is 0.600. The predicted molar refractivity (Wildman–Crippen MR) is 62.7 cm³/mol. The molecule has 0 unspecified atom stereocenters. The van der Waals surface area contributed by atoms with Gasteiger partial charge in [-0.2, -0.15) is 5.10 Å². The van der Waals surface area contributed by atoms with Crippen molar-refractivity contribution in [1.82, 2.24) is 15.5 Å². The summed E-state index contributed by atoms with van der Waals surface area (Å²) in [4.78, 5) is 11.6. The number of amides is 1. The molecule has 0 aliphatic carbocycles. The highest BCUT2D eigenvalue weighted by molar-refractivity contribution is 9.10. The topological polar surface area (TPSA) is 57.8 Å². The van der Waals surface area contributed by atoms with E-state index < -0.39 is 0 Å². The van der Waals surface area contributed by atoms with Gasteiger partial charge in [0.1, 0.15) is 5.69 Å². The zero-order valence-corrected chi connectivity index (χ0v) is 10.6. The molecule has 0 saturated heterocycles. The third kappa shape index (κ3) is 4.03. The molecule has 1 rings (SSSR count). The quantitative estimate of drug-likeness (QED) is 0.810. The van der Waals surface area contributed by atoms with Crippen molar-refractivity contribution in [1.29, 1.82) is 0 Å². The summed E-state index contributed by atoms with van der Waals surface area (Å²) in [6.45, 7) is 5.06. The maximum absolute atomic E-state index is 11.6. The van der Waals surface area contributed by atoms with Crippen LogP contribution in [0.15, 0.2) is 10.7 Å². The first-order valence-corrected chi connectivity index (χ1v) is 5.87. The average Bonchev–Trinajstić information content (AvgIpc) is 2.58. The Kier molecular flexibility index (Phi) is 4.81. The Labute approximate surface area is 98.0 Å². The van der Waals surface area contributed by atoms with Crippen LogP contribution < -0.4 is 5.32 Å². The van der Waals surface area contributed by atoms with Crippen LogP contribution in [0.2, 0.25) is 0 Å². The van der Waals surface area contributed by atoms with E-state index in [0.29, 0.717) is 22.6 Å². The van der Waals surface area contributed by atoms with E-state index >= 15 is 0 Å². The SMILES string of the molecule is CC(C)CCCNC(=O)c1[nH]ncc1Br. The lowest BCUT2D eigenvalue weighted by atomic mass is 10.1. The van der Waals surface area contributed by atoms with Crippen molar-refractivity contribution in [2.75, 3.05) is 6.54 Å². The number of halogens is 1. The summed E-state index contributed by atoms with van der Waals surface area (Å²) in [5.41, 5.74) is 0.486. The van der Waals surface area contributed by atoms with E-state index in [9.17, 15) is 4.79 Å². The number of nitrogens with zero attached hydrogens (tertiary/aromatic N) is 1. The fourth-order valence-corrected chi connectivity index (χ4v) is 1.60. The molecule has 0 saturated carbocycles. The van der Waals surface area contributed by atoms with Gasteiger partial charge in [-0.15, -0.1) is 0 Å². The number of hydrogen-bond donors (Lipinski definition) is 2. The summed E-state index contributed by atoms with van der Waals surface area (Å²) in [7, 11) is 0. The molecule has 0 bridgehead atoms. The van der Waals surface area contributed by atoms with Gasteiger partial charge in [0.25, 0.3) is 5.91 Å². The van der Waals surface area contributed by atoms with Crippen LogP contribution in [-0.2, 0) is 0 Å². The molecule has 1 amide bonds. The molecule has 15 heavy (non-hydrogen) atoms. The Bertz CT molecular complexity index is 322. The van der Waals surface area contributed by atoms with Gasteiger partial charge in [0.15, 0.2) is 0 Å². The van der Waals surface area contributed by atoms with Gasteiger partial charge in [0.05, 0.1) is 10.7 Å². The van der Waals surface area contributed by atoms with E-state index in [1.807, 2.05) is 0 Å². The summed E-state index contributed by atoms with van der Waals surface area (Å²) < 4.78 is 0.698. The maximum Gasteiger partial charge on any atom is 0.270 e. The zero-order chi connectivity index (χ0) is 11.3. The molecule has 4 nitrogen and oxygen atoms in total. The molecular weight excluding hydrogens is 258 g/mol. The standard InChI is InChI=1S/C10H16BrN3O/c1-7(2)4-3-5-12-10(15)9-8(11)6-13-14-9/h6-7H,3-5H2,1-2H3,(H,12,15)(H,13,14). The van der Waals surface area contributed by atoms with E-state index in [4.69, 9.17) is 0 Å². The molecule has 0 aromatic carbocycles. The van der Waals surface area contributed by atoms with Gasteiger partial charge in [0.2, 0.25) is 0 Å². The molecule has 1 heterocycles. The van der Waals surface area contributed by atoms with Crippen molar-refractivity contribution in [3.63, 3.8) is 0 Å². The van der Waals surface area contributed by atoms with Crippen molar-refractivity contribution in [3.05, 3.63) is 16.4 Å². The Morgan fingerprint density at radius 1 is 1.67 bits per heavy atom. The smallest absolute Gasteiger partial charge is 0.270 e. The number of aromatic nitrogens is 2. The lowest BCUT2D eigenvalue weighted by Crippen LogP contribution is -2.25. The Balaban J connectivity index is 2.28. The van der Waals surface area contributed by atoms with Gasteiger partial charge in [-0.3, -0.25) is 9.89 Å². The van der Waals surface area contributed by atoms with Crippen LogP contribution in [0.1, 0.15) is 37.2 Å². The van der Waals surface area contributed by atoms with Crippen LogP contribution in [0.5, 0.6) is 0 Å². The minimum absolute atomic E-state index is 0.108. The van der Waals surface area contributed by atoms with Gasteiger partial charge in [0, 0.05) is 6.54 Å². The highest BCUT2D eigenvalue weighted by Crippen LogP contribution is 2.12. The molecule has 0 atom stereocenters. The van der Waals surface area contributed by atoms with E-state index in [1.54, 1.807) is 6.20 Å². The van der Waals surface area contributed by atoms with Gasteiger partial charge in [-0.1, -0.05) is 13.8 Å². The minimum Gasteiger partial charge on any atom is -0.351 e. The molecular formula is C10H16BrN3O. The van der Waals surface area contributed by atoms with Gasteiger partial charge >= 0.3 is 0 Å². The van der Waals surface area contributed by atoms with Crippen LogP contribution in [-0.4, -0.2) is 22.6 Å². The van der Waals surface area contributed by atoms with Crippen LogP contribution in [0.25, 0.3) is 0 Å². The number of hydrogen-bond acceptors (Lipinski definition) is 2. The summed E-state index contributed by atoms with van der Waals surface area (Å²) in [6, 6.07) is 0. The minimum atomic E-state index is -0.108. The second-order valence-corrected chi connectivity index (χ2v) is 4.74. The number of rotatable bonds is 5. The van der Waals surface area contributed by atoms with Crippen molar-refractivity contribution in [3.8, 4) is 0 Å². The molecule has 2 N–H and O–H groups in total. The second-order valence-electron chi connectivity index (χ2n) is 3.88. The van der Waals surface area contributed by atoms with Crippen LogP contribution >= 0.6 is 15.9 Å². The van der Waals surface area contributed by atoms with Crippen LogP contribution in [0.3, 0.4) is 0 Å². The van der Waals surface area contributed by atoms with Crippen LogP contribution in [0.4, 0.5) is 0 Å². The van der Waals surface area contributed by atoms with Crippen molar-refractivity contribution in [2.45, 2.75) is 26.7 Å². The average molecular weight is 274 g/mol. The number of carbonyl (C=O) groups is 1. The van der Waals surface area contributed by atoms with Crippen molar-refractivity contribution >= 4 is 21.8 Å². The normalized spacial score (nSPS) is 10.7. The molecule has 0 radical (unpaired) electrons. The van der Waals surface area contributed by atoms with E-state index in [0.717, 1.165) is 12.8 Å². The van der Waals surface area contributed by atoms with Crippen molar-refractivity contribution in [2.24, 2.45) is 5.92 Å².